The molecule has 0 bridgehead atoms. The summed E-state index contributed by atoms with van der Waals surface area (Å²) in [6, 6.07) is 0. The molecule has 2 fully saturated rings. The first-order valence-electron chi connectivity index (χ1n) is 8.73. The highest BCUT2D eigenvalue weighted by Gasteiger charge is 2.39. The van der Waals surface area contributed by atoms with Crippen molar-refractivity contribution in [3.63, 3.8) is 0 Å². The molecule has 2 rings (SSSR count). The lowest BCUT2D eigenvalue weighted by atomic mass is 9.83. The normalized spacial score (nSPS) is 23.0. The van der Waals surface area contributed by atoms with Crippen LogP contribution in [0.5, 0.6) is 0 Å². The topological polar surface area (TPSA) is 42.5 Å². The van der Waals surface area contributed by atoms with Crippen molar-refractivity contribution in [1.29, 1.82) is 0 Å². The van der Waals surface area contributed by atoms with Crippen molar-refractivity contribution in [2.24, 2.45) is 5.92 Å². The van der Waals surface area contributed by atoms with Crippen molar-refractivity contribution >= 4 is 0 Å². The van der Waals surface area contributed by atoms with Crippen molar-refractivity contribution in [3.8, 4) is 0 Å². The molecule has 1 aliphatic heterocycles. The zero-order valence-electron chi connectivity index (χ0n) is 14.2. The van der Waals surface area contributed by atoms with Crippen LogP contribution in [0.2, 0.25) is 0 Å². The van der Waals surface area contributed by atoms with Crippen molar-refractivity contribution in [1.82, 2.24) is 10.6 Å². The Balaban J connectivity index is 1.45. The fourth-order valence-electron chi connectivity index (χ4n) is 3.30. The zero-order chi connectivity index (χ0) is 15.2. The second kappa shape index (κ2) is 7.91. The van der Waals surface area contributed by atoms with Gasteiger partial charge in [-0.05, 0) is 72.0 Å². The van der Waals surface area contributed by atoms with Gasteiger partial charge in [0.05, 0.1) is 13.2 Å². The van der Waals surface area contributed by atoms with E-state index < -0.39 is 0 Å². The molecule has 1 spiro atoms. The van der Waals surface area contributed by atoms with Crippen molar-refractivity contribution < 1.29 is 9.47 Å². The summed E-state index contributed by atoms with van der Waals surface area (Å²) < 4.78 is 11.6. The van der Waals surface area contributed by atoms with Crippen LogP contribution >= 0.6 is 0 Å². The van der Waals surface area contributed by atoms with Gasteiger partial charge >= 0.3 is 0 Å². The Morgan fingerprint density at radius 2 is 1.67 bits per heavy atom. The minimum absolute atomic E-state index is 0.192. The molecule has 0 amide bonds. The van der Waals surface area contributed by atoms with Gasteiger partial charge in [0.1, 0.15) is 0 Å². The molecule has 4 heteroatoms. The molecule has 0 radical (unpaired) electrons. The number of hydrogen-bond acceptors (Lipinski definition) is 4. The van der Waals surface area contributed by atoms with Gasteiger partial charge in [0, 0.05) is 18.4 Å². The Morgan fingerprint density at radius 3 is 2.29 bits per heavy atom. The van der Waals surface area contributed by atoms with Crippen LogP contribution in [0.4, 0.5) is 0 Å². The van der Waals surface area contributed by atoms with Crippen LogP contribution in [0.25, 0.3) is 0 Å². The van der Waals surface area contributed by atoms with E-state index >= 15 is 0 Å². The molecule has 21 heavy (non-hydrogen) atoms. The van der Waals surface area contributed by atoms with E-state index in [9.17, 15) is 0 Å². The summed E-state index contributed by atoms with van der Waals surface area (Å²) in [5, 5.41) is 7.10. The van der Waals surface area contributed by atoms with Crippen LogP contribution < -0.4 is 10.6 Å². The van der Waals surface area contributed by atoms with Crippen molar-refractivity contribution in [2.45, 2.75) is 70.6 Å². The Bertz CT molecular complexity index is 286. The lowest BCUT2D eigenvalue weighted by Gasteiger charge is -2.35. The smallest absolute Gasteiger partial charge is 0.168 e. The minimum atomic E-state index is -0.192. The first kappa shape index (κ1) is 17.2. The van der Waals surface area contributed by atoms with E-state index in [1.165, 1.54) is 25.7 Å². The van der Waals surface area contributed by atoms with Gasteiger partial charge in [-0.15, -0.1) is 0 Å². The quantitative estimate of drug-likeness (QED) is 0.709. The van der Waals surface area contributed by atoms with Gasteiger partial charge < -0.3 is 20.1 Å². The molecule has 0 atom stereocenters. The maximum absolute atomic E-state index is 5.78. The summed E-state index contributed by atoms with van der Waals surface area (Å²) in [7, 11) is 0. The zero-order valence-corrected chi connectivity index (χ0v) is 14.2. The van der Waals surface area contributed by atoms with Gasteiger partial charge in [0.25, 0.3) is 0 Å². The van der Waals surface area contributed by atoms with E-state index in [-0.39, 0.29) is 11.3 Å². The van der Waals surface area contributed by atoms with E-state index in [1.54, 1.807) is 0 Å². The molecule has 0 aromatic rings. The molecule has 4 nitrogen and oxygen atoms in total. The van der Waals surface area contributed by atoms with Gasteiger partial charge in [0.2, 0.25) is 0 Å². The van der Waals surface area contributed by atoms with Crippen LogP contribution in [0.15, 0.2) is 0 Å². The Labute approximate surface area is 130 Å². The molecule has 2 aliphatic rings. The van der Waals surface area contributed by atoms with Crippen LogP contribution in [0.3, 0.4) is 0 Å². The SMILES string of the molecule is CC(C)(C)NCCCNCCC1CCC2(CC1)OCCO2. The van der Waals surface area contributed by atoms with Gasteiger partial charge in [-0.1, -0.05) is 0 Å². The molecule has 2 N–H and O–H groups in total. The maximum Gasteiger partial charge on any atom is 0.168 e. The second-order valence-corrected chi connectivity index (χ2v) is 7.62. The monoisotopic (exact) mass is 298 g/mol. The predicted octanol–water partition coefficient (Wildman–Crippen LogP) is 2.68. The fraction of sp³-hybridized carbons (Fsp3) is 1.00. The lowest BCUT2D eigenvalue weighted by Crippen LogP contribution is -2.37. The first-order valence-corrected chi connectivity index (χ1v) is 8.73. The highest BCUT2D eigenvalue weighted by Crippen LogP contribution is 2.39. The van der Waals surface area contributed by atoms with E-state index in [2.05, 4.69) is 31.4 Å². The number of nitrogens with one attached hydrogen (secondary N) is 2. The van der Waals surface area contributed by atoms with Crippen LogP contribution in [0, 0.1) is 5.92 Å². The van der Waals surface area contributed by atoms with Crippen LogP contribution in [-0.2, 0) is 9.47 Å². The third kappa shape index (κ3) is 6.23. The van der Waals surface area contributed by atoms with Gasteiger partial charge in [0.15, 0.2) is 5.79 Å². The maximum atomic E-state index is 5.78. The van der Waals surface area contributed by atoms with E-state index in [0.29, 0.717) is 0 Å². The lowest BCUT2D eigenvalue weighted by molar-refractivity contribution is -0.182. The van der Waals surface area contributed by atoms with Gasteiger partial charge in [-0.3, -0.25) is 0 Å². The molecule has 1 saturated heterocycles. The molecular formula is C17H34N2O2. The standard InChI is InChI=1S/C17H34N2O2/c1-16(2,3)19-11-4-10-18-12-7-15-5-8-17(9-6-15)20-13-14-21-17/h15,18-19H,4-14H2,1-3H3. The van der Waals surface area contributed by atoms with E-state index in [1.807, 2.05) is 0 Å². The molecule has 1 saturated carbocycles. The summed E-state index contributed by atoms with van der Waals surface area (Å²) in [4.78, 5) is 0. The Hall–Kier alpha value is -0.160. The Kier molecular flexibility index (Phi) is 6.48. The predicted molar refractivity (Wildman–Crippen MR) is 86.5 cm³/mol. The van der Waals surface area contributed by atoms with Crippen LogP contribution in [-0.4, -0.2) is 44.2 Å². The second-order valence-electron chi connectivity index (χ2n) is 7.62. The average Bonchev–Trinajstić information content (AvgIpc) is 2.87. The number of rotatable bonds is 7. The molecule has 1 heterocycles. The van der Waals surface area contributed by atoms with Gasteiger partial charge in [-0.25, -0.2) is 0 Å². The molecule has 124 valence electrons. The summed E-state index contributed by atoms with van der Waals surface area (Å²) >= 11 is 0. The molecular weight excluding hydrogens is 264 g/mol. The molecule has 0 aromatic heterocycles. The third-order valence-corrected chi connectivity index (χ3v) is 4.60. The molecule has 0 aromatic carbocycles. The summed E-state index contributed by atoms with van der Waals surface area (Å²) in [5.41, 5.74) is 0.239. The van der Waals surface area contributed by atoms with Crippen LogP contribution in [0.1, 0.15) is 59.3 Å². The Morgan fingerprint density at radius 1 is 1.00 bits per heavy atom. The minimum Gasteiger partial charge on any atom is -0.348 e. The third-order valence-electron chi connectivity index (χ3n) is 4.60. The van der Waals surface area contributed by atoms with E-state index in [4.69, 9.17) is 9.47 Å². The fourth-order valence-corrected chi connectivity index (χ4v) is 3.30. The summed E-state index contributed by atoms with van der Waals surface area (Å²) in [6.07, 6.45) is 7.19. The summed E-state index contributed by atoms with van der Waals surface area (Å²) in [6.45, 7) is 11.6. The first-order chi connectivity index (χ1) is 9.99. The largest absolute Gasteiger partial charge is 0.348 e. The van der Waals surface area contributed by atoms with E-state index in [0.717, 1.165) is 51.6 Å². The molecule has 0 unspecified atom stereocenters. The van der Waals surface area contributed by atoms with Gasteiger partial charge in [-0.2, -0.15) is 0 Å². The highest BCUT2D eigenvalue weighted by atomic mass is 16.7. The van der Waals surface area contributed by atoms with Crippen molar-refractivity contribution in [3.05, 3.63) is 0 Å². The molecule has 1 aliphatic carbocycles. The van der Waals surface area contributed by atoms with Crippen molar-refractivity contribution in [2.75, 3.05) is 32.8 Å². The number of hydrogen-bond donors (Lipinski definition) is 2. The number of ether oxygens (including phenoxy) is 2. The summed E-state index contributed by atoms with van der Waals surface area (Å²) in [5.74, 6) is 0.659. The average molecular weight is 298 g/mol. The highest BCUT2D eigenvalue weighted by molar-refractivity contribution is 4.82.